The van der Waals surface area contributed by atoms with Gasteiger partial charge in [0.2, 0.25) is 5.91 Å². The number of aliphatic imine (C=N–C) groups is 1. The molecule has 0 saturated carbocycles. The smallest absolute Gasteiger partial charge is 0.221 e. The summed E-state index contributed by atoms with van der Waals surface area (Å²) >= 11 is 0. The molecule has 4 N–H and O–H groups in total. The average Bonchev–Trinajstić information content (AvgIpc) is 2.62. The third kappa shape index (κ3) is 10.6. The highest BCUT2D eigenvalue weighted by molar-refractivity contribution is 5.79. The molecule has 1 fully saturated rings. The van der Waals surface area contributed by atoms with Crippen molar-refractivity contribution in [1.82, 2.24) is 15.5 Å². The molecule has 1 amide bonds. The van der Waals surface area contributed by atoms with Gasteiger partial charge in [0.05, 0.1) is 5.92 Å². The molecular weight excluding hydrogens is 326 g/mol. The zero-order valence-electron chi connectivity index (χ0n) is 17.2. The van der Waals surface area contributed by atoms with Gasteiger partial charge in [-0.1, -0.05) is 39.5 Å². The van der Waals surface area contributed by atoms with E-state index in [4.69, 9.17) is 5.73 Å². The van der Waals surface area contributed by atoms with Crippen molar-refractivity contribution in [3.8, 4) is 0 Å². The van der Waals surface area contributed by atoms with Gasteiger partial charge in [-0.15, -0.1) is 0 Å². The van der Waals surface area contributed by atoms with E-state index in [0.29, 0.717) is 0 Å². The second-order valence-electron chi connectivity index (χ2n) is 7.92. The second-order valence-corrected chi connectivity index (χ2v) is 7.92. The van der Waals surface area contributed by atoms with Gasteiger partial charge in [-0.25, -0.2) is 0 Å². The van der Waals surface area contributed by atoms with Gasteiger partial charge in [0.15, 0.2) is 5.96 Å². The molecule has 1 aliphatic rings. The van der Waals surface area contributed by atoms with Crippen LogP contribution >= 0.6 is 0 Å². The van der Waals surface area contributed by atoms with Gasteiger partial charge in [0, 0.05) is 26.7 Å². The molecule has 1 aliphatic heterocycles. The Labute approximate surface area is 160 Å². The fourth-order valence-corrected chi connectivity index (χ4v) is 3.46. The number of carbonyl (C=O) groups is 1. The first kappa shape index (κ1) is 22.7. The van der Waals surface area contributed by atoms with Gasteiger partial charge < -0.3 is 21.3 Å². The molecule has 1 rings (SSSR count). The maximum absolute atomic E-state index is 11.3. The minimum Gasteiger partial charge on any atom is -0.369 e. The lowest BCUT2D eigenvalue weighted by atomic mass is 9.97. The molecule has 1 saturated heterocycles. The standard InChI is InChI=1S/C20H41N5O/c1-17(2)10-6-4-5-7-12-23-20(22-3)24-13-9-15-25-14-8-11-18(16-25)19(21)26/h17-18H,4-16H2,1-3H3,(H2,21,26)(H2,22,23,24). The van der Waals surface area contributed by atoms with Crippen molar-refractivity contribution >= 4 is 11.9 Å². The van der Waals surface area contributed by atoms with Gasteiger partial charge in [-0.05, 0) is 44.7 Å². The van der Waals surface area contributed by atoms with Crippen LogP contribution in [0.25, 0.3) is 0 Å². The van der Waals surface area contributed by atoms with Crippen LogP contribution in [-0.4, -0.2) is 56.5 Å². The van der Waals surface area contributed by atoms with E-state index in [1.165, 1.54) is 32.1 Å². The first-order valence-electron chi connectivity index (χ1n) is 10.5. The highest BCUT2D eigenvalue weighted by atomic mass is 16.1. The molecule has 1 unspecified atom stereocenters. The van der Waals surface area contributed by atoms with Crippen LogP contribution in [0.4, 0.5) is 0 Å². The summed E-state index contributed by atoms with van der Waals surface area (Å²) in [4.78, 5) is 18.0. The Bertz CT molecular complexity index is 411. The molecule has 1 heterocycles. The molecule has 0 aromatic carbocycles. The van der Waals surface area contributed by atoms with Crippen molar-refractivity contribution in [2.75, 3.05) is 39.8 Å². The van der Waals surface area contributed by atoms with E-state index in [1.54, 1.807) is 0 Å². The maximum Gasteiger partial charge on any atom is 0.221 e. The molecule has 0 aliphatic carbocycles. The molecule has 6 nitrogen and oxygen atoms in total. The molecule has 1 atom stereocenters. The van der Waals surface area contributed by atoms with Crippen molar-refractivity contribution < 1.29 is 4.79 Å². The number of primary amides is 1. The Morgan fingerprint density at radius 3 is 2.50 bits per heavy atom. The van der Waals surface area contributed by atoms with Crippen LogP contribution < -0.4 is 16.4 Å². The Kier molecular flexibility index (Phi) is 12.1. The SMILES string of the molecule is CN=C(NCCCCCCC(C)C)NCCCN1CCCC(C(N)=O)C1. The monoisotopic (exact) mass is 367 g/mol. The van der Waals surface area contributed by atoms with Crippen molar-refractivity contribution in [2.24, 2.45) is 22.6 Å². The summed E-state index contributed by atoms with van der Waals surface area (Å²) < 4.78 is 0. The number of guanidine groups is 1. The van der Waals surface area contributed by atoms with Crippen LogP contribution in [0.5, 0.6) is 0 Å². The predicted molar refractivity (Wildman–Crippen MR) is 110 cm³/mol. The number of piperidine rings is 1. The number of likely N-dealkylation sites (tertiary alicyclic amines) is 1. The van der Waals surface area contributed by atoms with Crippen LogP contribution in [0.2, 0.25) is 0 Å². The van der Waals surface area contributed by atoms with Crippen LogP contribution in [0.3, 0.4) is 0 Å². The summed E-state index contributed by atoms with van der Waals surface area (Å²) in [5.74, 6) is 1.59. The van der Waals surface area contributed by atoms with Gasteiger partial charge in [-0.3, -0.25) is 9.79 Å². The first-order valence-corrected chi connectivity index (χ1v) is 10.5. The predicted octanol–water partition coefficient (Wildman–Crippen LogP) is 2.35. The van der Waals surface area contributed by atoms with Crippen LogP contribution in [-0.2, 0) is 4.79 Å². The zero-order chi connectivity index (χ0) is 19.2. The molecule has 0 bridgehead atoms. The second kappa shape index (κ2) is 13.8. The normalized spacial score (nSPS) is 18.9. The molecular formula is C20H41N5O. The molecule has 0 spiro atoms. The van der Waals surface area contributed by atoms with Gasteiger partial charge in [0.1, 0.15) is 0 Å². The summed E-state index contributed by atoms with van der Waals surface area (Å²) in [5, 5.41) is 6.77. The van der Waals surface area contributed by atoms with Crippen molar-refractivity contribution in [2.45, 2.75) is 65.2 Å². The number of hydrogen-bond donors (Lipinski definition) is 3. The van der Waals surface area contributed by atoms with Crippen molar-refractivity contribution in [3.05, 3.63) is 0 Å². The quantitative estimate of drug-likeness (QED) is 0.281. The Morgan fingerprint density at radius 1 is 1.15 bits per heavy atom. The number of rotatable bonds is 12. The highest BCUT2D eigenvalue weighted by Gasteiger charge is 2.23. The van der Waals surface area contributed by atoms with E-state index in [0.717, 1.165) is 63.9 Å². The van der Waals surface area contributed by atoms with Crippen molar-refractivity contribution in [3.63, 3.8) is 0 Å². The van der Waals surface area contributed by atoms with E-state index in [2.05, 4.69) is 34.4 Å². The molecule has 6 heteroatoms. The van der Waals surface area contributed by atoms with E-state index >= 15 is 0 Å². The molecule has 0 aromatic heterocycles. The third-order valence-electron chi connectivity index (χ3n) is 5.08. The third-order valence-corrected chi connectivity index (χ3v) is 5.08. The van der Waals surface area contributed by atoms with E-state index in [-0.39, 0.29) is 11.8 Å². The van der Waals surface area contributed by atoms with Gasteiger partial charge in [-0.2, -0.15) is 0 Å². The highest BCUT2D eigenvalue weighted by Crippen LogP contribution is 2.15. The minimum atomic E-state index is -0.151. The lowest BCUT2D eigenvalue weighted by Gasteiger charge is -2.31. The summed E-state index contributed by atoms with van der Waals surface area (Å²) in [6.45, 7) is 9.35. The first-order chi connectivity index (χ1) is 12.5. The molecule has 0 radical (unpaired) electrons. The molecule has 26 heavy (non-hydrogen) atoms. The maximum atomic E-state index is 11.3. The van der Waals surface area contributed by atoms with Crippen molar-refractivity contribution in [1.29, 1.82) is 0 Å². The number of unbranched alkanes of at least 4 members (excludes halogenated alkanes) is 3. The topological polar surface area (TPSA) is 82.8 Å². The van der Waals surface area contributed by atoms with Gasteiger partial charge in [0.25, 0.3) is 0 Å². The van der Waals surface area contributed by atoms with E-state index < -0.39 is 0 Å². The molecule has 0 aromatic rings. The number of hydrogen-bond acceptors (Lipinski definition) is 3. The fourth-order valence-electron chi connectivity index (χ4n) is 3.46. The van der Waals surface area contributed by atoms with Crippen LogP contribution in [0, 0.1) is 11.8 Å². The minimum absolute atomic E-state index is 0.0340. The van der Waals surface area contributed by atoms with E-state index in [1.807, 2.05) is 7.05 Å². The Morgan fingerprint density at radius 2 is 1.85 bits per heavy atom. The average molecular weight is 368 g/mol. The zero-order valence-corrected chi connectivity index (χ0v) is 17.2. The van der Waals surface area contributed by atoms with E-state index in [9.17, 15) is 4.79 Å². The van der Waals surface area contributed by atoms with Gasteiger partial charge >= 0.3 is 0 Å². The number of nitrogens with two attached hydrogens (primary N) is 1. The molecule has 152 valence electrons. The fraction of sp³-hybridized carbons (Fsp3) is 0.900. The summed E-state index contributed by atoms with van der Waals surface area (Å²) in [7, 11) is 1.82. The number of carbonyl (C=O) groups excluding carboxylic acids is 1. The Hall–Kier alpha value is -1.30. The number of amides is 1. The number of nitrogens with one attached hydrogen (secondary N) is 2. The lowest BCUT2D eigenvalue weighted by Crippen LogP contribution is -2.43. The largest absolute Gasteiger partial charge is 0.369 e. The summed E-state index contributed by atoms with van der Waals surface area (Å²) in [6, 6.07) is 0. The summed E-state index contributed by atoms with van der Waals surface area (Å²) in [5.41, 5.74) is 5.44. The van der Waals surface area contributed by atoms with Crippen LogP contribution in [0.15, 0.2) is 4.99 Å². The Balaban J connectivity index is 2.03. The van der Waals surface area contributed by atoms with Crippen LogP contribution in [0.1, 0.15) is 65.2 Å². The number of nitrogens with zero attached hydrogens (tertiary/aromatic N) is 2. The lowest BCUT2D eigenvalue weighted by molar-refractivity contribution is -0.123. The summed E-state index contributed by atoms with van der Waals surface area (Å²) in [6.07, 6.45) is 9.55.